The van der Waals surface area contributed by atoms with Gasteiger partial charge in [0.05, 0.1) is 12.6 Å². The molecule has 0 spiro atoms. The molecule has 2 aromatic carbocycles. The topological polar surface area (TPSA) is 21.3 Å². The van der Waals surface area contributed by atoms with Crippen molar-refractivity contribution in [1.29, 1.82) is 0 Å². The molecule has 0 aromatic heterocycles. The summed E-state index contributed by atoms with van der Waals surface area (Å²) in [5.74, 6) is 0.956. The molecular formula is C17H21NO. The van der Waals surface area contributed by atoms with Crippen LogP contribution in [0.15, 0.2) is 48.5 Å². The van der Waals surface area contributed by atoms with E-state index in [2.05, 4.69) is 49.5 Å². The van der Waals surface area contributed by atoms with E-state index in [1.54, 1.807) is 0 Å². The van der Waals surface area contributed by atoms with Gasteiger partial charge < -0.3 is 10.1 Å². The first kappa shape index (κ1) is 13.5. The number of hydrogen-bond donors (Lipinski definition) is 1. The van der Waals surface area contributed by atoms with E-state index in [1.807, 2.05) is 25.1 Å². The van der Waals surface area contributed by atoms with Gasteiger partial charge in [-0.1, -0.05) is 35.9 Å². The summed E-state index contributed by atoms with van der Waals surface area (Å²) in [5, 5.41) is 3.50. The summed E-state index contributed by atoms with van der Waals surface area (Å²) in [6.45, 7) is 6.94. The molecule has 2 heteroatoms. The molecule has 0 heterocycles. The van der Waals surface area contributed by atoms with Crippen molar-refractivity contribution in [3.8, 4) is 5.75 Å². The van der Waals surface area contributed by atoms with E-state index < -0.39 is 0 Å². The van der Waals surface area contributed by atoms with Crippen molar-refractivity contribution in [3.63, 3.8) is 0 Å². The second kappa shape index (κ2) is 6.28. The smallest absolute Gasteiger partial charge is 0.124 e. The van der Waals surface area contributed by atoms with Crippen LogP contribution in [0.3, 0.4) is 0 Å². The van der Waals surface area contributed by atoms with Crippen molar-refractivity contribution in [1.82, 2.24) is 0 Å². The van der Waals surface area contributed by atoms with Crippen LogP contribution in [0.5, 0.6) is 5.75 Å². The number of nitrogens with one attached hydrogen (secondary N) is 1. The van der Waals surface area contributed by atoms with Gasteiger partial charge in [0, 0.05) is 11.3 Å². The molecule has 100 valence electrons. The molecule has 2 nitrogen and oxygen atoms in total. The van der Waals surface area contributed by atoms with E-state index in [1.165, 1.54) is 11.1 Å². The van der Waals surface area contributed by atoms with Crippen molar-refractivity contribution in [2.45, 2.75) is 26.8 Å². The number of para-hydroxylation sites is 1. The summed E-state index contributed by atoms with van der Waals surface area (Å²) in [6, 6.07) is 16.8. The van der Waals surface area contributed by atoms with Crippen LogP contribution < -0.4 is 10.1 Å². The van der Waals surface area contributed by atoms with Crippen molar-refractivity contribution in [2.75, 3.05) is 11.9 Å². The molecule has 0 bridgehead atoms. The molecule has 0 saturated carbocycles. The lowest BCUT2D eigenvalue weighted by Gasteiger charge is -2.19. The third kappa shape index (κ3) is 3.50. The summed E-state index contributed by atoms with van der Waals surface area (Å²) >= 11 is 0. The van der Waals surface area contributed by atoms with E-state index in [0.29, 0.717) is 6.61 Å². The largest absolute Gasteiger partial charge is 0.494 e. The van der Waals surface area contributed by atoms with Gasteiger partial charge in [0.15, 0.2) is 0 Å². The molecule has 0 fully saturated rings. The molecule has 1 N–H and O–H groups in total. The van der Waals surface area contributed by atoms with Crippen LogP contribution in [-0.2, 0) is 0 Å². The summed E-state index contributed by atoms with van der Waals surface area (Å²) in [5.41, 5.74) is 3.59. The van der Waals surface area contributed by atoms with Crippen molar-refractivity contribution in [3.05, 3.63) is 59.7 Å². The minimum Gasteiger partial charge on any atom is -0.494 e. The molecule has 1 unspecified atom stereocenters. The van der Waals surface area contributed by atoms with Gasteiger partial charge in [0.2, 0.25) is 0 Å². The van der Waals surface area contributed by atoms with Crippen LogP contribution in [0.4, 0.5) is 5.69 Å². The predicted molar refractivity (Wildman–Crippen MR) is 80.8 cm³/mol. The van der Waals surface area contributed by atoms with Gasteiger partial charge in [-0.2, -0.15) is 0 Å². The average molecular weight is 255 g/mol. The molecule has 2 aromatic rings. The van der Waals surface area contributed by atoms with Crippen molar-refractivity contribution >= 4 is 5.69 Å². The Kier molecular flexibility index (Phi) is 4.45. The fourth-order valence-electron chi connectivity index (χ4n) is 2.10. The van der Waals surface area contributed by atoms with E-state index in [4.69, 9.17) is 4.74 Å². The van der Waals surface area contributed by atoms with Crippen LogP contribution in [0, 0.1) is 6.92 Å². The standard InChI is InChI=1S/C17H21NO/c1-4-19-17-8-6-5-7-16(17)14(3)18-15-11-9-13(2)10-12-15/h5-12,14,18H,4H2,1-3H3. The Morgan fingerprint density at radius 2 is 1.74 bits per heavy atom. The molecule has 0 saturated heterocycles. The van der Waals surface area contributed by atoms with Crippen LogP contribution in [0.2, 0.25) is 0 Å². The van der Waals surface area contributed by atoms with Gasteiger partial charge in [-0.25, -0.2) is 0 Å². The summed E-state index contributed by atoms with van der Waals surface area (Å²) in [7, 11) is 0. The molecular weight excluding hydrogens is 234 g/mol. The quantitative estimate of drug-likeness (QED) is 0.845. The minimum absolute atomic E-state index is 0.213. The highest BCUT2D eigenvalue weighted by atomic mass is 16.5. The SMILES string of the molecule is CCOc1ccccc1C(C)Nc1ccc(C)cc1. The average Bonchev–Trinajstić information content (AvgIpc) is 2.42. The first-order chi connectivity index (χ1) is 9.20. The Morgan fingerprint density at radius 1 is 1.05 bits per heavy atom. The lowest BCUT2D eigenvalue weighted by Crippen LogP contribution is -2.08. The molecule has 0 radical (unpaired) electrons. The molecule has 2 rings (SSSR count). The first-order valence-corrected chi connectivity index (χ1v) is 6.75. The second-order valence-corrected chi connectivity index (χ2v) is 4.70. The number of benzene rings is 2. The molecule has 19 heavy (non-hydrogen) atoms. The monoisotopic (exact) mass is 255 g/mol. The Balaban J connectivity index is 2.15. The number of ether oxygens (including phenoxy) is 1. The zero-order valence-corrected chi connectivity index (χ0v) is 11.8. The van der Waals surface area contributed by atoms with Gasteiger partial charge >= 0.3 is 0 Å². The lowest BCUT2D eigenvalue weighted by atomic mass is 10.1. The Hall–Kier alpha value is -1.96. The normalized spacial score (nSPS) is 11.9. The van der Waals surface area contributed by atoms with Gasteiger partial charge in [-0.15, -0.1) is 0 Å². The van der Waals surface area contributed by atoms with Crippen molar-refractivity contribution in [2.24, 2.45) is 0 Å². The van der Waals surface area contributed by atoms with Gasteiger partial charge in [0.1, 0.15) is 5.75 Å². The maximum absolute atomic E-state index is 5.67. The van der Waals surface area contributed by atoms with E-state index >= 15 is 0 Å². The molecule has 0 aliphatic heterocycles. The minimum atomic E-state index is 0.213. The van der Waals surface area contributed by atoms with Crippen molar-refractivity contribution < 1.29 is 4.74 Å². The first-order valence-electron chi connectivity index (χ1n) is 6.75. The van der Waals surface area contributed by atoms with Crippen LogP contribution in [0.25, 0.3) is 0 Å². The van der Waals surface area contributed by atoms with E-state index in [0.717, 1.165) is 11.4 Å². The fraction of sp³-hybridized carbons (Fsp3) is 0.294. The van der Waals surface area contributed by atoms with Gasteiger partial charge in [-0.3, -0.25) is 0 Å². The zero-order chi connectivity index (χ0) is 13.7. The number of aryl methyl sites for hydroxylation is 1. The van der Waals surface area contributed by atoms with Crippen LogP contribution in [0.1, 0.15) is 31.0 Å². The fourth-order valence-corrected chi connectivity index (χ4v) is 2.10. The highest BCUT2D eigenvalue weighted by Gasteiger charge is 2.10. The van der Waals surface area contributed by atoms with Crippen LogP contribution in [-0.4, -0.2) is 6.61 Å². The highest BCUT2D eigenvalue weighted by molar-refractivity contribution is 5.48. The zero-order valence-electron chi connectivity index (χ0n) is 11.8. The Bertz CT molecular complexity index is 519. The molecule has 1 atom stereocenters. The third-order valence-electron chi connectivity index (χ3n) is 3.12. The Morgan fingerprint density at radius 3 is 2.42 bits per heavy atom. The van der Waals surface area contributed by atoms with E-state index in [-0.39, 0.29) is 6.04 Å². The van der Waals surface area contributed by atoms with Crippen LogP contribution >= 0.6 is 0 Å². The van der Waals surface area contributed by atoms with E-state index in [9.17, 15) is 0 Å². The third-order valence-corrected chi connectivity index (χ3v) is 3.12. The number of anilines is 1. The van der Waals surface area contributed by atoms with Gasteiger partial charge in [-0.05, 0) is 39.0 Å². The lowest BCUT2D eigenvalue weighted by molar-refractivity contribution is 0.335. The molecule has 0 aliphatic rings. The summed E-state index contributed by atoms with van der Waals surface area (Å²) in [6.07, 6.45) is 0. The Labute approximate surface area is 115 Å². The molecule has 0 amide bonds. The number of rotatable bonds is 5. The maximum Gasteiger partial charge on any atom is 0.124 e. The summed E-state index contributed by atoms with van der Waals surface area (Å²) < 4.78 is 5.67. The number of hydrogen-bond acceptors (Lipinski definition) is 2. The predicted octanol–water partition coefficient (Wildman–Crippen LogP) is 4.57. The van der Waals surface area contributed by atoms with Gasteiger partial charge in [0.25, 0.3) is 0 Å². The molecule has 0 aliphatic carbocycles. The maximum atomic E-state index is 5.67. The highest BCUT2D eigenvalue weighted by Crippen LogP contribution is 2.27. The second-order valence-electron chi connectivity index (χ2n) is 4.70. The summed E-state index contributed by atoms with van der Waals surface area (Å²) in [4.78, 5) is 0.